The van der Waals surface area contributed by atoms with Crippen molar-refractivity contribution in [2.24, 2.45) is 0 Å². The van der Waals surface area contributed by atoms with Gasteiger partial charge in [-0.3, -0.25) is 0 Å². The number of anilines is 1. The summed E-state index contributed by atoms with van der Waals surface area (Å²) in [5.74, 6) is 2.81. The van der Waals surface area contributed by atoms with Crippen LogP contribution in [0.25, 0.3) is 0 Å². The Balaban J connectivity index is 1.76. The van der Waals surface area contributed by atoms with Crippen LogP contribution >= 0.6 is 0 Å². The van der Waals surface area contributed by atoms with Gasteiger partial charge in [0, 0.05) is 0 Å². The number of rotatable bonds is 6. The van der Waals surface area contributed by atoms with Gasteiger partial charge in [-0.15, -0.1) is 0 Å². The van der Waals surface area contributed by atoms with Crippen molar-refractivity contribution in [3.05, 3.63) is 54.7 Å². The number of ether oxygens (including phenoxy) is 4. The average molecular weight is 339 g/mol. The molecule has 0 saturated carbocycles. The molecule has 3 rings (SSSR count). The second-order valence-corrected chi connectivity index (χ2v) is 4.97. The summed E-state index contributed by atoms with van der Waals surface area (Å²) >= 11 is 0. The van der Waals surface area contributed by atoms with Crippen LogP contribution in [0.3, 0.4) is 0 Å². The van der Waals surface area contributed by atoms with Crippen LogP contribution in [-0.2, 0) is 0 Å². The summed E-state index contributed by atoms with van der Waals surface area (Å²) in [7, 11) is 3.20. The highest BCUT2D eigenvalue weighted by Crippen LogP contribution is 2.29. The van der Waals surface area contributed by atoms with Gasteiger partial charge in [0.15, 0.2) is 0 Å². The lowest BCUT2D eigenvalue weighted by atomic mass is 10.3. The van der Waals surface area contributed by atoms with Gasteiger partial charge in [0.2, 0.25) is 5.88 Å². The molecule has 7 heteroatoms. The van der Waals surface area contributed by atoms with Gasteiger partial charge in [-0.05, 0) is 48.5 Å². The maximum absolute atomic E-state index is 5.88. The van der Waals surface area contributed by atoms with E-state index >= 15 is 0 Å². The van der Waals surface area contributed by atoms with Crippen LogP contribution in [0.15, 0.2) is 54.7 Å². The van der Waals surface area contributed by atoms with Crippen molar-refractivity contribution in [1.82, 2.24) is 9.97 Å². The molecule has 3 aromatic rings. The predicted molar refractivity (Wildman–Crippen MR) is 92.6 cm³/mol. The Hall–Kier alpha value is -3.48. The molecule has 0 unspecified atom stereocenters. The lowest BCUT2D eigenvalue weighted by molar-refractivity contribution is 0.402. The molecule has 0 saturated heterocycles. The maximum Gasteiger partial charge on any atom is 0.325 e. The normalized spacial score (nSPS) is 10.2. The lowest BCUT2D eigenvalue weighted by Crippen LogP contribution is -1.99. The van der Waals surface area contributed by atoms with Gasteiger partial charge >= 0.3 is 6.01 Å². The molecule has 0 atom stereocenters. The average Bonchev–Trinajstić information content (AvgIpc) is 2.66. The smallest absolute Gasteiger partial charge is 0.325 e. The van der Waals surface area contributed by atoms with Gasteiger partial charge in [0.1, 0.15) is 28.7 Å². The molecule has 0 fully saturated rings. The van der Waals surface area contributed by atoms with E-state index in [1.165, 1.54) is 6.20 Å². The number of nitrogens with zero attached hydrogens (tertiary/aromatic N) is 2. The number of benzene rings is 2. The highest BCUT2D eigenvalue weighted by Gasteiger charge is 2.09. The fourth-order valence-electron chi connectivity index (χ4n) is 2.00. The molecule has 128 valence electrons. The van der Waals surface area contributed by atoms with E-state index in [1.54, 1.807) is 62.8 Å². The van der Waals surface area contributed by atoms with Gasteiger partial charge in [0.05, 0.1) is 20.4 Å². The highest BCUT2D eigenvalue weighted by molar-refractivity contribution is 5.49. The third-order valence-corrected chi connectivity index (χ3v) is 3.30. The van der Waals surface area contributed by atoms with Crippen LogP contribution in [0, 0.1) is 0 Å². The Kier molecular flexibility index (Phi) is 4.84. The van der Waals surface area contributed by atoms with E-state index in [1.807, 2.05) is 0 Å². The summed E-state index contributed by atoms with van der Waals surface area (Å²) < 4.78 is 21.5. The quantitative estimate of drug-likeness (QED) is 0.733. The second kappa shape index (κ2) is 7.39. The largest absolute Gasteiger partial charge is 0.497 e. The molecular formula is C18H17N3O4. The van der Waals surface area contributed by atoms with Gasteiger partial charge in [-0.1, -0.05) is 0 Å². The van der Waals surface area contributed by atoms with Crippen LogP contribution in [0.1, 0.15) is 0 Å². The predicted octanol–water partition coefficient (Wildman–Crippen LogP) is 3.66. The SMILES string of the molecule is COc1ccc(Oc2ncc(N)c(Oc3ccc(OC)cc3)n2)cc1. The molecule has 7 nitrogen and oxygen atoms in total. The second-order valence-electron chi connectivity index (χ2n) is 4.97. The molecule has 25 heavy (non-hydrogen) atoms. The monoisotopic (exact) mass is 339 g/mol. The number of hydrogen-bond acceptors (Lipinski definition) is 7. The molecule has 0 aliphatic heterocycles. The van der Waals surface area contributed by atoms with Crippen molar-refractivity contribution in [1.29, 1.82) is 0 Å². The fourth-order valence-corrected chi connectivity index (χ4v) is 2.00. The number of methoxy groups -OCH3 is 2. The minimum absolute atomic E-state index is 0.128. The Labute approximate surface area is 145 Å². The summed E-state index contributed by atoms with van der Waals surface area (Å²) in [6.07, 6.45) is 1.44. The molecule has 1 heterocycles. The first kappa shape index (κ1) is 16.4. The van der Waals surface area contributed by atoms with E-state index in [9.17, 15) is 0 Å². The van der Waals surface area contributed by atoms with Crippen molar-refractivity contribution in [2.45, 2.75) is 0 Å². The van der Waals surface area contributed by atoms with E-state index in [2.05, 4.69) is 9.97 Å². The van der Waals surface area contributed by atoms with Gasteiger partial charge in [-0.2, -0.15) is 4.98 Å². The minimum atomic E-state index is 0.128. The molecule has 2 N–H and O–H groups in total. The van der Waals surface area contributed by atoms with Gasteiger partial charge in [-0.25, -0.2) is 4.98 Å². The van der Waals surface area contributed by atoms with E-state index in [4.69, 9.17) is 24.7 Å². The Morgan fingerprint density at radius 2 is 1.20 bits per heavy atom. The Bertz CT molecular complexity index is 836. The van der Waals surface area contributed by atoms with E-state index in [-0.39, 0.29) is 11.9 Å². The molecule has 2 aromatic carbocycles. The first-order valence-electron chi connectivity index (χ1n) is 7.44. The summed E-state index contributed by atoms with van der Waals surface area (Å²) in [6.45, 7) is 0. The first-order chi connectivity index (χ1) is 12.2. The van der Waals surface area contributed by atoms with E-state index in [0.717, 1.165) is 11.5 Å². The van der Waals surface area contributed by atoms with Crippen molar-refractivity contribution in [2.75, 3.05) is 20.0 Å². The van der Waals surface area contributed by atoms with Crippen molar-refractivity contribution in [3.63, 3.8) is 0 Å². The van der Waals surface area contributed by atoms with Crippen molar-refractivity contribution < 1.29 is 18.9 Å². The first-order valence-corrected chi connectivity index (χ1v) is 7.44. The molecule has 0 radical (unpaired) electrons. The van der Waals surface area contributed by atoms with Crippen molar-refractivity contribution >= 4 is 5.69 Å². The third-order valence-electron chi connectivity index (χ3n) is 3.30. The zero-order chi connectivity index (χ0) is 17.6. The zero-order valence-electron chi connectivity index (χ0n) is 13.8. The maximum atomic E-state index is 5.88. The molecule has 1 aromatic heterocycles. The van der Waals surface area contributed by atoms with Crippen LogP contribution in [0.4, 0.5) is 5.69 Å². The lowest BCUT2D eigenvalue weighted by Gasteiger charge is -2.10. The van der Waals surface area contributed by atoms with E-state index in [0.29, 0.717) is 17.2 Å². The van der Waals surface area contributed by atoms with Gasteiger partial charge in [0.25, 0.3) is 0 Å². The summed E-state index contributed by atoms with van der Waals surface area (Å²) in [5, 5.41) is 0. The minimum Gasteiger partial charge on any atom is -0.497 e. The summed E-state index contributed by atoms with van der Waals surface area (Å²) in [5.41, 5.74) is 6.18. The third kappa shape index (κ3) is 4.08. The number of nitrogen functional groups attached to an aromatic ring is 1. The van der Waals surface area contributed by atoms with Crippen LogP contribution in [-0.4, -0.2) is 24.2 Å². The molecular weight excluding hydrogens is 322 g/mol. The van der Waals surface area contributed by atoms with E-state index < -0.39 is 0 Å². The summed E-state index contributed by atoms with van der Waals surface area (Å²) in [4.78, 5) is 8.26. The van der Waals surface area contributed by atoms with Crippen LogP contribution in [0.2, 0.25) is 0 Å². The number of nitrogens with two attached hydrogens (primary N) is 1. The Morgan fingerprint density at radius 1 is 0.720 bits per heavy atom. The highest BCUT2D eigenvalue weighted by atomic mass is 16.5. The topological polar surface area (TPSA) is 88.7 Å². The molecule has 0 spiro atoms. The van der Waals surface area contributed by atoms with Crippen LogP contribution in [0.5, 0.6) is 34.9 Å². The number of hydrogen-bond donors (Lipinski definition) is 1. The molecule has 0 aliphatic carbocycles. The standard InChI is InChI=1S/C18H17N3O4/c1-22-12-3-7-14(8-4-12)24-17-16(19)11-20-18(21-17)25-15-9-5-13(23-2)6-10-15/h3-11H,19H2,1-2H3. The van der Waals surface area contributed by atoms with Gasteiger partial charge < -0.3 is 24.7 Å². The fraction of sp³-hybridized carbons (Fsp3) is 0.111. The summed E-state index contributed by atoms with van der Waals surface area (Å²) in [6, 6.07) is 14.3. The Morgan fingerprint density at radius 3 is 1.72 bits per heavy atom. The molecule has 0 bridgehead atoms. The zero-order valence-corrected chi connectivity index (χ0v) is 13.8. The van der Waals surface area contributed by atoms with Crippen LogP contribution < -0.4 is 24.7 Å². The van der Waals surface area contributed by atoms with Crippen molar-refractivity contribution in [3.8, 4) is 34.9 Å². The molecule has 0 amide bonds. The molecule has 0 aliphatic rings. The number of aromatic nitrogens is 2.